The molecule has 0 radical (unpaired) electrons. The molecule has 0 aliphatic rings. The fourth-order valence-electron chi connectivity index (χ4n) is 1.88. The highest BCUT2D eigenvalue weighted by Gasteiger charge is 2.03. The number of hydrogen-bond acceptors (Lipinski definition) is 2. The van der Waals surface area contributed by atoms with Gasteiger partial charge in [0.2, 0.25) is 0 Å². The molecular formula is C14H18IN3. The summed E-state index contributed by atoms with van der Waals surface area (Å²) in [4.78, 5) is 0. The Morgan fingerprint density at radius 1 is 1.28 bits per heavy atom. The van der Waals surface area contributed by atoms with Gasteiger partial charge in [-0.2, -0.15) is 5.10 Å². The lowest BCUT2D eigenvalue weighted by molar-refractivity contribution is 0.649. The predicted octanol–water partition coefficient (Wildman–Crippen LogP) is 3.04. The summed E-state index contributed by atoms with van der Waals surface area (Å²) >= 11 is 2.28. The summed E-state index contributed by atoms with van der Waals surface area (Å²) in [5, 5.41) is 7.79. The molecule has 0 amide bonds. The molecule has 0 unspecified atom stereocenters. The van der Waals surface area contributed by atoms with Crippen molar-refractivity contribution in [2.24, 2.45) is 0 Å². The minimum atomic E-state index is 0.840. The minimum absolute atomic E-state index is 0.840. The molecule has 0 saturated heterocycles. The van der Waals surface area contributed by atoms with E-state index in [0.717, 1.165) is 19.6 Å². The van der Waals surface area contributed by atoms with Gasteiger partial charge in [-0.1, -0.05) is 31.2 Å². The lowest BCUT2D eigenvalue weighted by Crippen LogP contribution is -2.15. The largest absolute Gasteiger partial charge is 0.313 e. The first kappa shape index (κ1) is 13.5. The van der Waals surface area contributed by atoms with Crippen LogP contribution in [-0.4, -0.2) is 16.3 Å². The lowest BCUT2D eigenvalue weighted by Gasteiger charge is -2.10. The molecule has 0 spiro atoms. The van der Waals surface area contributed by atoms with E-state index in [0.29, 0.717) is 0 Å². The molecule has 0 aliphatic carbocycles. The molecule has 0 fully saturated rings. The molecular weight excluding hydrogens is 337 g/mol. The zero-order valence-electron chi connectivity index (χ0n) is 10.6. The zero-order chi connectivity index (χ0) is 12.8. The van der Waals surface area contributed by atoms with Crippen molar-refractivity contribution in [2.75, 3.05) is 6.54 Å². The number of hydrogen-bond donors (Lipinski definition) is 1. The molecule has 4 heteroatoms. The minimum Gasteiger partial charge on any atom is -0.313 e. The molecule has 1 aromatic carbocycles. The van der Waals surface area contributed by atoms with Gasteiger partial charge in [-0.25, -0.2) is 0 Å². The van der Waals surface area contributed by atoms with Crippen molar-refractivity contribution in [3.05, 3.63) is 51.4 Å². The van der Waals surface area contributed by atoms with Gasteiger partial charge in [-0.3, -0.25) is 4.68 Å². The van der Waals surface area contributed by atoms with Crippen molar-refractivity contribution >= 4 is 22.6 Å². The van der Waals surface area contributed by atoms with E-state index >= 15 is 0 Å². The van der Waals surface area contributed by atoms with Crippen LogP contribution in [0.3, 0.4) is 0 Å². The number of benzene rings is 1. The number of nitrogens with one attached hydrogen (secondary N) is 1. The smallest absolute Gasteiger partial charge is 0.0662 e. The third-order valence-electron chi connectivity index (χ3n) is 2.79. The molecule has 96 valence electrons. The van der Waals surface area contributed by atoms with Crippen LogP contribution in [0.25, 0.3) is 0 Å². The normalized spacial score (nSPS) is 10.8. The predicted molar refractivity (Wildman–Crippen MR) is 82.5 cm³/mol. The molecule has 2 rings (SSSR count). The van der Waals surface area contributed by atoms with E-state index in [1.165, 1.54) is 21.1 Å². The van der Waals surface area contributed by atoms with E-state index in [2.05, 4.69) is 70.4 Å². The molecule has 1 N–H and O–H groups in total. The summed E-state index contributed by atoms with van der Waals surface area (Å²) in [5.74, 6) is 0. The van der Waals surface area contributed by atoms with Gasteiger partial charge in [0.15, 0.2) is 0 Å². The van der Waals surface area contributed by atoms with Crippen molar-refractivity contribution in [1.82, 2.24) is 15.1 Å². The van der Waals surface area contributed by atoms with Crippen molar-refractivity contribution in [2.45, 2.75) is 26.4 Å². The second-order valence-corrected chi connectivity index (χ2v) is 5.55. The highest BCUT2D eigenvalue weighted by atomic mass is 127. The summed E-state index contributed by atoms with van der Waals surface area (Å²) in [6.45, 7) is 5.02. The van der Waals surface area contributed by atoms with Crippen LogP contribution in [0.4, 0.5) is 0 Å². The molecule has 1 aromatic heterocycles. The Hall–Kier alpha value is -0.880. The van der Waals surface area contributed by atoms with Gasteiger partial charge in [0.05, 0.1) is 16.3 Å². The standard InChI is InChI=1S/C14H18IN3/c1-2-7-16-8-12-5-3-4-6-13(12)10-18-11-14(15)9-17-18/h3-6,9,11,16H,2,7-8,10H2,1H3. The van der Waals surface area contributed by atoms with Crippen LogP contribution in [0.2, 0.25) is 0 Å². The van der Waals surface area contributed by atoms with Gasteiger partial charge in [0.25, 0.3) is 0 Å². The van der Waals surface area contributed by atoms with Gasteiger partial charge in [-0.05, 0) is 46.7 Å². The van der Waals surface area contributed by atoms with Crippen LogP contribution >= 0.6 is 22.6 Å². The quantitative estimate of drug-likeness (QED) is 0.638. The maximum Gasteiger partial charge on any atom is 0.0662 e. The van der Waals surface area contributed by atoms with Gasteiger partial charge in [0, 0.05) is 12.7 Å². The molecule has 18 heavy (non-hydrogen) atoms. The molecule has 0 atom stereocenters. The zero-order valence-corrected chi connectivity index (χ0v) is 12.7. The van der Waals surface area contributed by atoms with Gasteiger partial charge in [0.1, 0.15) is 0 Å². The summed E-state index contributed by atoms with van der Waals surface area (Å²) in [6, 6.07) is 8.55. The Bertz CT molecular complexity index is 493. The summed E-state index contributed by atoms with van der Waals surface area (Å²) in [5.41, 5.74) is 2.69. The SMILES string of the molecule is CCCNCc1ccccc1Cn1cc(I)cn1. The lowest BCUT2D eigenvalue weighted by atomic mass is 10.1. The van der Waals surface area contributed by atoms with E-state index in [1.54, 1.807) is 0 Å². The Morgan fingerprint density at radius 3 is 2.72 bits per heavy atom. The number of aromatic nitrogens is 2. The van der Waals surface area contributed by atoms with Crippen LogP contribution in [0, 0.1) is 3.57 Å². The van der Waals surface area contributed by atoms with Gasteiger partial charge < -0.3 is 5.32 Å². The maximum atomic E-state index is 4.34. The van der Waals surface area contributed by atoms with Gasteiger partial charge in [-0.15, -0.1) is 0 Å². The van der Waals surface area contributed by atoms with Crippen LogP contribution in [0.5, 0.6) is 0 Å². The van der Waals surface area contributed by atoms with E-state index in [1.807, 2.05) is 10.9 Å². The first-order valence-electron chi connectivity index (χ1n) is 6.25. The topological polar surface area (TPSA) is 29.9 Å². The first-order valence-corrected chi connectivity index (χ1v) is 7.33. The molecule has 2 aromatic rings. The van der Waals surface area contributed by atoms with Crippen molar-refractivity contribution in [3.63, 3.8) is 0 Å². The molecule has 0 aliphatic heterocycles. The van der Waals surface area contributed by atoms with Crippen molar-refractivity contribution in [1.29, 1.82) is 0 Å². The van der Waals surface area contributed by atoms with E-state index in [-0.39, 0.29) is 0 Å². The highest BCUT2D eigenvalue weighted by molar-refractivity contribution is 14.1. The third kappa shape index (κ3) is 3.81. The number of halogens is 1. The monoisotopic (exact) mass is 355 g/mol. The second kappa shape index (κ2) is 6.89. The highest BCUT2D eigenvalue weighted by Crippen LogP contribution is 2.11. The fraction of sp³-hybridized carbons (Fsp3) is 0.357. The Labute approximate surface area is 122 Å². The fourth-order valence-corrected chi connectivity index (χ4v) is 2.33. The maximum absolute atomic E-state index is 4.34. The van der Waals surface area contributed by atoms with E-state index in [4.69, 9.17) is 0 Å². The Morgan fingerprint density at radius 2 is 2.06 bits per heavy atom. The first-order chi connectivity index (χ1) is 8.79. The molecule has 1 heterocycles. The number of rotatable bonds is 6. The van der Waals surface area contributed by atoms with Gasteiger partial charge >= 0.3 is 0 Å². The molecule has 0 bridgehead atoms. The molecule has 0 saturated carbocycles. The Kier molecular flexibility index (Phi) is 5.19. The molecule has 3 nitrogen and oxygen atoms in total. The average molecular weight is 355 g/mol. The van der Waals surface area contributed by atoms with Crippen LogP contribution in [0.15, 0.2) is 36.7 Å². The second-order valence-electron chi connectivity index (χ2n) is 4.30. The Balaban J connectivity index is 2.07. The van der Waals surface area contributed by atoms with Crippen LogP contribution in [-0.2, 0) is 13.1 Å². The third-order valence-corrected chi connectivity index (χ3v) is 3.35. The van der Waals surface area contributed by atoms with E-state index < -0.39 is 0 Å². The summed E-state index contributed by atoms with van der Waals surface area (Å²) in [7, 11) is 0. The van der Waals surface area contributed by atoms with Crippen molar-refractivity contribution in [3.8, 4) is 0 Å². The number of nitrogens with zero attached hydrogens (tertiary/aromatic N) is 2. The van der Waals surface area contributed by atoms with Crippen molar-refractivity contribution < 1.29 is 0 Å². The average Bonchev–Trinajstić information content (AvgIpc) is 2.77. The summed E-state index contributed by atoms with van der Waals surface area (Å²) < 4.78 is 3.16. The van der Waals surface area contributed by atoms with Crippen LogP contribution in [0.1, 0.15) is 24.5 Å². The summed E-state index contributed by atoms with van der Waals surface area (Å²) in [6.07, 6.45) is 5.12. The van der Waals surface area contributed by atoms with E-state index in [9.17, 15) is 0 Å². The van der Waals surface area contributed by atoms with Crippen LogP contribution < -0.4 is 5.32 Å².